The molecule has 0 fully saturated rings. The molecule has 1 aliphatic heterocycles. The summed E-state index contributed by atoms with van der Waals surface area (Å²) in [6.07, 6.45) is 0.777. The normalized spacial score (nSPS) is 12.7. The summed E-state index contributed by atoms with van der Waals surface area (Å²) < 4.78 is 12.0. The van der Waals surface area contributed by atoms with Crippen LogP contribution in [0, 0.1) is 0 Å². The minimum Gasteiger partial charge on any atom is -0.493 e. The van der Waals surface area contributed by atoms with Crippen LogP contribution >= 0.6 is 0 Å². The minimum atomic E-state index is -1.18. The molecule has 0 saturated carbocycles. The van der Waals surface area contributed by atoms with Gasteiger partial charge in [0.15, 0.2) is 5.58 Å². The van der Waals surface area contributed by atoms with E-state index in [-0.39, 0.29) is 22.6 Å². The first-order chi connectivity index (χ1) is 18.9. The Labute approximate surface area is 223 Å². The molecular weight excluding hydrogens is 496 g/mol. The molecule has 192 valence electrons. The van der Waals surface area contributed by atoms with E-state index in [4.69, 9.17) is 14.1 Å². The van der Waals surface area contributed by atoms with Crippen molar-refractivity contribution in [2.24, 2.45) is 0 Å². The number of rotatable bonds is 7. The number of carboxylic acids is 1. The van der Waals surface area contributed by atoms with E-state index in [1.54, 1.807) is 18.2 Å². The van der Waals surface area contributed by atoms with Crippen LogP contribution in [0.4, 0.5) is 5.69 Å². The third-order valence-corrected chi connectivity index (χ3v) is 6.54. The van der Waals surface area contributed by atoms with Gasteiger partial charge in [0.05, 0.1) is 34.5 Å². The van der Waals surface area contributed by atoms with Crippen molar-refractivity contribution in [1.82, 2.24) is 4.98 Å². The number of carboxylic acid groups (broad SMARTS) is 1. The number of carbonyl (C=O) groups is 3. The number of hydrogen-bond acceptors (Lipinski definition) is 6. The Morgan fingerprint density at radius 3 is 2.44 bits per heavy atom. The van der Waals surface area contributed by atoms with Crippen molar-refractivity contribution < 1.29 is 28.6 Å². The van der Waals surface area contributed by atoms with Gasteiger partial charge in [-0.3, -0.25) is 9.59 Å². The fourth-order valence-corrected chi connectivity index (χ4v) is 4.62. The van der Waals surface area contributed by atoms with Gasteiger partial charge in [0, 0.05) is 0 Å². The Bertz CT molecular complexity index is 1770. The maximum atomic E-state index is 13.2. The molecule has 0 unspecified atom stereocenters. The Morgan fingerprint density at radius 1 is 0.872 bits per heavy atom. The lowest BCUT2D eigenvalue weighted by Gasteiger charge is -2.16. The van der Waals surface area contributed by atoms with Gasteiger partial charge in [0.2, 0.25) is 5.89 Å². The molecule has 2 amide bonds. The summed E-state index contributed by atoms with van der Waals surface area (Å²) in [6, 6.07) is 24.5. The zero-order valence-corrected chi connectivity index (χ0v) is 20.9. The number of imide groups is 1. The second-order valence-corrected chi connectivity index (χ2v) is 9.11. The van der Waals surface area contributed by atoms with Crippen LogP contribution in [0.2, 0.25) is 0 Å². The van der Waals surface area contributed by atoms with Crippen LogP contribution in [0.1, 0.15) is 44.4 Å². The van der Waals surface area contributed by atoms with Gasteiger partial charge in [-0.1, -0.05) is 43.3 Å². The first kappa shape index (κ1) is 24.1. The zero-order valence-electron chi connectivity index (χ0n) is 20.9. The van der Waals surface area contributed by atoms with Gasteiger partial charge in [0.1, 0.15) is 11.3 Å². The highest BCUT2D eigenvalue weighted by atomic mass is 16.5. The highest BCUT2D eigenvalue weighted by Crippen LogP contribution is 2.38. The molecule has 2 heterocycles. The maximum absolute atomic E-state index is 13.2. The number of amides is 2. The average Bonchev–Trinajstić information content (AvgIpc) is 3.50. The monoisotopic (exact) mass is 518 g/mol. The van der Waals surface area contributed by atoms with E-state index >= 15 is 0 Å². The van der Waals surface area contributed by atoms with Gasteiger partial charge in [-0.05, 0) is 66.1 Å². The van der Waals surface area contributed by atoms with E-state index in [1.165, 1.54) is 18.2 Å². The van der Waals surface area contributed by atoms with Crippen LogP contribution in [0.25, 0.3) is 33.7 Å². The Morgan fingerprint density at radius 2 is 1.67 bits per heavy atom. The second-order valence-electron chi connectivity index (χ2n) is 9.11. The van der Waals surface area contributed by atoms with Crippen molar-refractivity contribution in [3.8, 4) is 28.3 Å². The lowest BCUT2D eigenvalue weighted by atomic mass is 10.1. The molecule has 39 heavy (non-hydrogen) atoms. The summed E-state index contributed by atoms with van der Waals surface area (Å²) in [6.45, 7) is 2.44. The molecule has 0 atom stereocenters. The van der Waals surface area contributed by atoms with Crippen LogP contribution in [0.5, 0.6) is 5.75 Å². The molecule has 0 saturated heterocycles. The lowest BCUT2D eigenvalue weighted by molar-refractivity contribution is 0.0696. The molecule has 0 bridgehead atoms. The molecule has 1 aliphatic rings. The average molecular weight is 519 g/mol. The summed E-state index contributed by atoms with van der Waals surface area (Å²) >= 11 is 0. The van der Waals surface area contributed by atoms with Gasteiger partial charge < -0.3 is 14.3 Å². The van der Waals surface area contributed by atoms with Gasteiger partial charge in [-0.2, -0.15) is 0 Å². The number of benzene rings is 4. The SMILES string of the molecule is CCCOc1ccc(N2C(=O)c3ccc(C(=O)O)cc3C2=O)cc1-c1nc2cc(-c3ccccc3)ccc2o1. The number of hydrogen-bond donors (Lipinski definition) is 1. The predicted octanol–water partition coefficient (Wildman–Crippen LogP) is 6.45. The standard InChI is InChI=1S/C31H22N2O6/c1-2-14-38-26-13-10-21(33-29(34)22-11-8-20(31(36)37)15-23(22)30(33)35)17-24(26)28-32-25-16-19(9-12-27(25)39-28)18-6-4-3-5-7-18/h3-13,15-17H,2,14H2,1H3,(H,36,37). The number of anilines is 1. The number of nitrogens with zero attached hydrogens (tertiary/aromatic N) is 2. The number of ether oxygens (including phenoxy) is 1. The summed E-state index contributed by atoms with van der Waals surface area (Å²) in [5, 5.41) is 9.32. The Hall–Kier alpha value is -5.24. The molecular formula is C31H22N2O6. The molecule has 0 aliphatic carbocycles. The molecule has 8 nitrogen and oxygen atoms in total. The topological polar surface area (TPSA) is 110 Å². The van der Waals surface area contributed by atoms with Crippen molar-refractivity contribution in [1.29, 1.82) is 0 Å². The third kappa shape index (κ3) is 4.21. The van der Waals surface area contributed by atoms with Gasteiger partial charge in [-0.15, -0.1) is 0 Å². The number of aromatic carboxylic acids is 1. The smallest absolute Gasteiger partial charge is 0.335 e. The van der Waals surface area contributed by atoms with E-state index in [1.807, 2.05) is 55.5 Å². The molecule has 1 aromatic heterocycles. The van der Waals surface area contributed by atoms with Crippen molar-refractivity contribution in [3.05, 3.63) is 102 Å². The van der Waals surface area contributed by atoms with Crippen LogP contribution in [0.3, 0.4) is 0 Å². The zero-order chi connectivity index (χ0) is 27.1. The Balaban J connectivity index is 1.42. The summed E-state index contributed by atoms with van der Waals surface area (Å²) in [4.78, 5) is 43.6. The van der Waals surface area contributed by atoms with Gasteiger partial charge in [-0.25, -0.2) is 14.7 Å². The molecule has 1 N–H and O–H groups in total. The second kappa shape index (κ2) is 9.57. The molecule has 8 heteroatoms. The van der Waals surface area contributed by atoms with Crippen molar-refractivity contribution in [2.45, 2.75) is 13.3 Å². The first-order valence-corrected chi connectivity index (χ1v) is 12.4. The number of fused-ring (bicyclic) bond motifs is 2. The lowest BCUT2D eigenvalue weighted by Crippen LogP contribution is -2.29. The molecule has 0 spiro atoms. The maximum Gasteiger partial charge on any atom is 0.335 e. The Kier molecular flexibility index (Phi) is 5.92. The highest BCUT2D eigenvalue weighted by Gasteiger charge is 2.37. The minimum absolute atomic E-state index is 0.0445. The van der Waals surface area contributed by atoms with E-state index < -0.39 is 17.8 Å². The van der Waals surface area contributed by atoms with Gasteiger partial charge in [0.25, 0.3) is 11.8 Å². The van der Waals surface area contributed by atoms with Crippen molar-refractivity contribution in [2.75, 3.05) is 11.5 Å². The molecule has 4 aromatic carbocycles. The van der Waals surface area contributed by atoms with Crippen molar-refractivity contribution in [3.63, 3.8) is 0 Å². The van der Waals surface area contributed by atoms with Crippen LogP contribution < -0.4 is 9.64 Å². The fourth-order valence-electron chi connectivity index (χ4n) is 4.62. The fraction of sp³-hybridized carbons (Fsp3) is 0.0968. The summed E-state index contributed by atoms with van der Waals surface area (Å²) in [7, 11) is 0. The summed E-state index contributed by atoms with van der Waals surface area (Å²) in [5.74, 6) is -1.53. The van der Waals surface area contributed by atoms with E-state index in [2.05, 4.69) is 0 Å². The molecule has 6 rings (SSSR count). The van der Waals surface area contributed by atoms with Gasteiger partial charge >= 0.3 is 5.97 Å². The number of carbonyl (C=O) groups excluding carboxylic acids is 2. The molecule has 0 radical (unpaired) electrons. The third-order valence-electron chi connectivity index (χ3n) is 6.54. The molecule has 5 aromatic rings. The van der Waals surface area contributed by atoms with Crippen LogP contribution in [-0.4, -0.2) is 34.5 Å². The largest absolute Gasteiger partial charge is 0.493 e. The first-order valence-electron chi connectivity index (χ1n) is 12.4. The summed E-state index contributed by atoms with van der Waals surface area (Å²) in [5.41, 5.74) is 4.18. The highest BCUT2D eigenvalue weighted by molar-refractivity contribution is 6.34. The van der Waals surface area contributed by atoms with E-state index in [0.29, 0.717) is 34.7 Å². The quantitative estimate of drug-likeness (QED) is 0.247. The predicted molar refractivity (Wildman–Crippen MR) is 145 cm³/mol. The number of oxazole rings is 1. The van der Waals surface area contributed by atoms with Crippen LogP contribution in [0.15, 0.2) is 89.3 Å². The van der Waals surface area contributed by atoms with E-state index in [0.717, 1.165) is 22.4 Å². The van der Waals surface area contributed by atoms with E-state index in [9.17, 15) is 19.5 Å². The van der Waals surface area contributed by atoms with Crippen molar-refractivity contribution >= 4 is 34.6 Å². The van der Waals surface area contributed by atoms with Crippen LogP contribution in [-0.2, 0) is 0 Å². The number of aromatic nitrogens is 1.